The first kappa shape index (κ1) is 34.8. The quantitative estimate of drug-likeness (QED) is 0.233. The van der Waals surface area contributed by atoms with Crippen LogP contribution in [0.15, 0.2) is 54.6 Å². The minimum absolute atomic E-state index is 0.246. The van der Waals surface area contributed by atoms with E-state index in [4.69, 9.17) is 4.74 Å². The van der Waals surface area contributed by atoms with E-state index in [9.17, 15) is 14.4 Å². The van der Waals surface area contributed by atoms with Crippen LogP contribution in [0.4, 0.5) is 4.79 Å². The van der Waals surface area contributed by atoms with Crippen LogP contribution in [0, 0.1) is 0 Å². The number of unbranched alkanes of at least 4 members (excludes halogenated alkanes) is 4. The number of hydrogen-bond donors (Lipinski definition) is 2. The zero-order chi connectivity index (χ0) is 31.3. The van der Waals surface area contributed by atoms with Crippen molar-refractivity contribution in [3.05, 3.63) is 71.3 Å². The van der Waals surface area contributed by atoms with Gasteiger partial charge in [-0.15, -0.1) is 0 Å². The van der Waals surface area contributed by atoms with E-state index in [2.05, 4.69) is 24.5 Å². The van der Waals surface area contributed by atoms with Crippen LogP contribution in [0.2, 0.25) is 0 Å². The fourth-order valence-corrected chi connectivity index (χ4v) is 4.80. The summed E-state index contributed by atoms with van der Waals surface area (Å²) in [5.41, 5.74) is 1.58. The van der Waals surface area contributed by atoms with Crippen LogP contribution in [0.3, 0.4) is 0 Å². The summed E-state index contributed by atoms with van der Waals surface area (Å²) in [6, 6.07) is 15.7. The minimum Gasteiger partial charge on any atom is -0.444 e. The van der Waals surface area contributed by atoms with Gasteiger partial charge in [0.2, 0.25) is 11.8 Å². The average Bonchev–Trinajstić information content (AvgIpc) is 2.90. The Morgan fingerprint density at radius 3 is 1.98 bits per heavy atom. The summed E-state index contributed by atoms with van der Waals surface area (Å²) < 4.78 is 5.55. The molecule has 0 saturated carbocycles. The molecule has 0 aromatic heterocycles. The van der Waals surface area contributed by atoms with Gasteiger partial charge in [0.1, 0.15) is 17.7 Å². The first-order chi connectivity index (χ1) is 19.7. The van der Waals surface area contributed by atoms with Crippen molar-refractivity contribution in [3.8, 4) is 0 Å². The van der Waals surface area contributed by atoms with Gasteiger partial charge in [-0.05, 0) is 71.1 Å². The second-order valence-electron chi connectivity index (χ2n) is 13.1. The molecular formula is C35H53N3O4. The topological polar surface area (TPSA) is 87.7 Å². The SMILES string of the molecule is CCCCCCCN(C(=O)C(Cc1ccccc1)NC(=O)OC(C)(C)C)C(C(=O)NC(C)(C)C)c1ccc(CC)cc1. The normalized spacial score (nSPS) is 13.1. The molecule has 0 fully saturated rings. The number of alkyl carbamates (subject to hydrolysis) is 1. The molecule has 0 heterocycles. The van der Waals surface area contributed by atoms with Crippen molar-refractivity contribution < 1.29 is 19.1 Å². The molecule has 2 unspecified atom stereocenters. The molecule has 0 aliphatic carbocycles. The van der Waals surface area contributed by atoms with Crippen molar-refractivity contribution in [2.24, 2.45) is 0 Å². The van der Waals surface area contributed by atoms with Crippen LogP contribution >= 0.6 is 0 Å². The van der Waals surface area contributed by atoms with Gasteiger partial charge >= 0.3 is 6.09 Å². The Balaban J connectivity index is 2.56. The van der Waals surface area contributed by atoms with Crippen molar-refractivity contribution in [1.82, 2.24) is 15.5 Å². The number of ether oxygens (including phenoxy) is 1. The van der Waals surface area contributed by atoms with Crippen LogP contribution in [0.25, 0.3) is 0 Å². The van der Waals surface area contributed by atoms with Crippen LogP contribution in [0.1, 0.15) is 110 Å². The largest absolute Gasteiger partial charge is 0.444 e. The van der Waals surface area contributed by atoms with E-state index in [1.807, 2.05) is 75.4 Å². The number of aryl methyl sites for hydroxylation is 1. The van der Waals surface area contributed by atoms with Gasteiger partial charge in [-0.25, -0.2) is 4.79 Å². The number of amides is 3. The van der Waals surface area contributed by atoms with Crippen molar-refractivity contribution in [2.75, 3.05) is 6.54 Å². The fraction of sp³-hybridized carbons (Fsp3) is 0.571. The van der Waals surface area contributed by atoms with Crippen LogP contribution < -0.4 is 10.6 Å². The Hall–Kier alpha value is -3.35. The highest BCUT2D eigenvalue weighted by Gasteiger charge is 2.37. The van der Waals surface area contributed by atoms with E-state index in [1.54, 1.807) is 25.7 Å². The van der Waals surface area contributed by atoms with Crippen molar-refractivity contribution in [1.29, 1.82) is 0 Å². The molecule has 0 bridgehead atoms. The Labute approximate surface area is 253 Å². The molecule has 7 heteroatoms. The zero-order valence-electron chi connectivity index (χ0n) is 27.1. The lowest BCUT2D eigenvalue weighted by Gasteiger charge is -2.36. The maximum Gasteiger partial charge on any atom is 0.408 e. The maximum absolute atomic E-state index is 14.6. The van der Waals surface area contributed by atoms with Gasteiger partial charge in [-0.3, -0.25) is 9.59 Å². The predicted molar refractivity (Wildman–Crippen MR) is 170 cm³/mol. The van der Waals surface area contributed by atoms with Gasteiger partial charge in [0.15, 0.2) is 0 Å². The third kappa shape index (κ3) is 12.3. The summed E-state index contributed by atoms with van der Waals surface area (Å²) in [6.07, 6.45) is 5.48. The highest BCUT2D eigenvalue weighted by Crippen LogP contribution is 2.26. The fourth-order valence-electron chi connectivity index (χ4n) is 4.80. The van der Waals surface area contributed by atoms with Crippen LogP contribution in [0.5, 0.6) is 0 Å². The molecule has 2 atom stereocenters. The van der Waals surface area contributed by atoms with E-state index < -0.39 is 29.3 Å². The Kier molecular flexibility index (Phi) is 13.5. The maximum atomic E-state index is 14.6. The number of nitrogens with one attached hydrogen (secondary N) is 2. The van der Waals surface area contributed by atoms with Gasteiger partial charge in [0.25, 0.3) is 0 Å². The Morgan fingerprint density at radius 1 is 0.810 bits per heavy atom. The number of nitrogens with zero attached hydrogens (tertiary/aromatic N) is 1. The van der Waals surface area contributed by atoms with E-state index in [0.717, 1.165) is 55.2 Å². The number of rotatable bonds is 14. The standard InChI is InChI=1S/C35H53N3O4/c1-9-11-12-13-17-24-38(30(31(39)37-34(3,4)5)28-22-20-26(10-2)21-23-28)32(40)29(25-27-18-15-14-16-19-27)36-33(41)42-35(6,7)8/h14-16,18-23,29-30H,9-13,17,24-25H2,1-8H3,(H,36,41)(H,37,39). The molecule has 2 N–H and O–H groups in total. The summed E-state index contributed by atoms with van der Waals surface area (Å²) in [5.74, 6) is -0.557. The molecule has 2 rings (SSSR count). The molecule has 42 heavy (non-hydrogen) atoms. The van der Waals surface area contributed by atoms with Gasteiger partial charge < -0.3 is 20.3 Å². The molecule has 0 aliphatic heterocycles. The van der Waals surface area contributed by atoms with Crippen LogP contribution in [-0.4, -0.2) is 46.5 Å². The number of carbonyl (C=O) groups excluding carboxylic acids is 3. The smallest absolute Gasteiger partial charge is 0.408 e. The summed E-state index contributed by atoms with van der Waals surface area (Å²) >= 11 is 0. The van der Waals surface area contributed by atoms with Gasteiger partial charge in [-0.1, -0.05) is 94.1 Å². The number of carbonyl (C=O) groups is 3. The third-order valence-electron chi connectivity index (χ3n) is 6.82. The summed E-state index contributed by atoms with van der Waals surface area (Å²) in [5, 5.41) is 5.95. The molecule has 0 saturated heterocycles. The number of benzene rings is 2. The predicted octanol–water partition coefficient (Wildman–Crippen LogP) is 7.14. The first-order valence-corrected chi connectivity index (χ1v) is 15.5. The zero-order valence-corrected chi connectivity index (χ0v) is 27.1. The van der Waals surface area contributed by atoms with E-state index in [-0.39, 0.29) is 18.2 Å². The van der Waals surface area contributed by atoms with Crippen molar-refractivity contribution in [3.63, 3.8) is 0 Å². The monoisotopic (exact) mass is 579 g/mol. The number of hydrogen-bond acceptors (Lipinski definition) is 4. The highest BCUT2D eigenvalue weighted by atomic mass is 16.6. The molecule has 3 amide bonds. The minimum atomic E-state index is -0.919. The second kappa shape index (κ2) is 16.3. The summed E-state index contributed by atoms with van der Waals surface area (Å²) in [6.45, 7) is 15.8. The van der Waals surface area contributed by atoms with Crippen LogP contribution in [-0.2, 0) is 27.2 Å². The molecule has 232 valence electrons. The molecule has 0 radical (unpaired) electrons. The van der Waals surface area contributed by atoms with Crippen molar-refractivity contribution >= 4 is 17.9 Å². The van der Waals surface area contributed by atoms with E-state index in [1.165, 1.54) is 0 Å². The Morgan fingerprint density at radius 2 is 1.43 bits per heavy atom. The van der Waals surface area contributed by atoms with E-state index >= 15 is 0 Å². The molecule has 0 spiro atoms. The van der Waals surface area contributed by atoms with Gasteiger partial charge in [-0.2, -0.15) is 0 Å². The summed E-state index contributed by atoms with van der Waals surface area (Å²) in [4.78, 5) is 43.2. The third-order valence-corrected chi connectivity index (χ3v) is 6.82. The Bertz CT molecular complexity index is 1120. The highest BCUT2D eigenvalue weighted by molar-refractivity contribution is 5.92. The van der Waals surface area contributed by atoms with Crippen molar-refractivity contribution in [2.45, 2.75) is 124 Å². The average molecular weight is 580 g/mol. The van der Waals surface area contributed by atoms with Gasteiger partial charge in [0, 0.05) is 18.5 Å². The lowest BCUT2D eigenvalue weighted by atomic mass is 9.97. The van der Waals surface area contributed by atoms with Gasteiger partial charge in [0.05, 0.1) is 0 Å². The molecular weight excluding hydrogens is 526 g/mol. The van der Waals surface area contributed by atoms with E-state index in [0.29, 0.717) is 6.54 Å². The molecule has 0 aliphatic rings. The lowest BCUT2D eigenvalue weighted by Crippen LogP contribution is -2.55. The lowest BCUT2D eigenvalue weighted by molar-refractivity contribution is -0.143. The molecule has 7 nitrogen and oxygen atoms in total. The molecule has 2 aromatic carbocycles. The second-order valence-corrected chi connectivity index (χ2v) is 13.1. The molecule has 2 aromatic rings. The first-order valence-electron chi connectivity index (χ1n) is 15.5. The summed E-state index contributed by atoms with van der Waals surface area (Å²) in [7, 11) is 0.